The summed E-state index contributed by atoms with van der Waals surface area (Å²) in [5.41, 5.74) is 2.25. The molecule has 6 heteroatoms. The van der Waals surface area contributed by atoms with Crippen LogP contribution in [0.25, 0.3) is 23.0 Å². The normalized spacial score (nSPS) is 10.5. The topological polar surface area (TPSA) is 63.8 Å². The zero-order valence-corrected chi connectivity index (χ0v) is 11.4. The number of anilines is 1. The molecule has 0 saturated carbocycles. The highest BCUT2D eigenvalue weighted by molar-refractivity contribution is 6.32. The van der Waals surface area contributed by atoms with Crippen LogP contribution in [0.1, 0.15) is 0 Å². The lowest BCUT2D eigenvalue weighted by Gasteiger charge is -2.03. The van der Waals surface area contributed by atoms with Gasteiger partial charge in [-0.05, 0) is 24.3 Å². The summed E-state index contributed by atoms with van der Waals surface area (Å²) in [4.78, 5) is 8.52. The molecular weight excluding hydrogens is 276 g/mol. The van der Waals surface area contributed by atoms with Crippen molar-refractivity contribution < 1.29 is 4.52 Å². The highest BCUT2D eigenvalue weighted by Gasteiger charge is 2.15. The molecule has 20 heavy (non-hydrogen) atoms. The van der Waals surface area contributed by atoms with Gasteiger partial charge in [0.25, 0.3) is 5.89 Å². The Bertz CT molecular complexity index is 741. The monoisotopic (exact) mass is 286 g/mol. The number of nitrogens with one attached hydrogen (secondary N) is 1. The number of rotatable bonds is 3. The van der Waals surface area contributed by atoms with Gasteiger partial charge in [0.15, 0.2) is 0 Å². The highest BCUT2D eigenvalue weighted by Crippen LogP contribution is 2.29. The van der Waals surface area contributed by atoms with Crippen LogP contribution in [-0.2, 0) is 0 Å². The molecule has 3 rings (SSSR count). The fraction of sp³-hybridized carbons (Fsp3) is 0.0714. The maximum atomic E-state index is 6.08. The quantitative estimate of drug-likeness (QED) is 0.798. The molecule has 0 radical (unpaired) electrons. The fourth-order valence-corrected chi connectivity index (χ4v) is 2.07. The second-order valence-electron chi connectivity index (χ2n) is 4.05. The fourth-order valence-electron chi connectivity index (χ4n) is 1.87. The van der Waals surface area contributed by atoms with Gasteiger partial charge >= 0.3 is 0 Å². The van der Waals surface area contributed by atoms with E-state index in [-0.39, 0.29) is 0 Å². The van der Waals surface area contributed by atoms with Crippen LogP contribution in [0.5, 0.6) is 0 Å². The van der Waals surface area contributed by atoms with Crippen molar-refractivity contribution in [1.82, 2.24) is 15.1 Å². The highest BCUT2D eigenvalue weighted by atomic mass is 35.5. The number of hydrogen-bond donors (Lipinski definition) is 1. The summed E-state index contributed by atoms with van der Waals surface area (Å²) in [6, 6.07) is 11.2. The van der Waals surface area contributed by atoms with Crippen LogP contribution in [0.15, 0.2) is 47.1 Å². The zero-order valence-electron chi connectivity index (χ0n) is 10.7. The SMILES string of the molecule is CNc1ccccc1-c1nc(-c2ncccc2Cl)no1. The van der Waals surface area contributed by atoms with Gasteiger partial charge in [0.1, 0.15) is 5.69 Å². The largest absolute Gasteiger partial charge is 0.387 e. The zero-order chi connectivity index (χ0) is 13.9. The minimum Gasteiger partial charge on any atom is -0.387 e. The molecule has 0 aliphatic heterocycles. The predicted octanol–water partition coefficient (Wildman–Crippen LogP) is 3.49. The van der Waals surface area contributed by atoms with Crippen molar-refractivity contribution in [3.63, 3.8) is 0 Å². The molecule has 0 bridgehead atoms. The van der Waals surface area contributed by atoms with E-state index in [4.69, 9.17) is 16.1 Å². The first-order valence-electron chi connectivity index (χ1n) is 6.01. The molecule has 5 nitrogen and oxygen atoms in total. The van der Waals surface area contributed by atoms with Gasteiger partial charge in [-0.15, -0.1) is 0 Å². The third-order valence-electron chi connectivity index (χ3n) is 2.82. The van der Waals surface area contributed by atoms with Gasteiger partial charge in [-0.3, -0.25) is 4.98 Å². The van der Waals surface area contributed by atoms with Gasteiger partial charge in [-0.25, -0.2) is 0 Å². The van der Waals surface area contributed by atoms with Crippen LogP contribution in [0, 0.1) is 0 Å². The lowest BCUT2D eigenvalue weighted by molar-refractivity contribution is 0.432. The molecule has 0 aliphatic rings. The van der Waals surface area contributed by atoms with Gasteiger partial charge in [-0.1, -0.05) is 28.9 Å². The summed E-state index contributed by atoms with van der Waals surface area (Å²) < 4.78 is 5.30. The van der Waals surface area contributed by atoms with E-state index in [1.807, 2.05) is 31.3 Å². The van der Waals surface area contributed by atoms with Gasteiger partial charge in [0.05, 0.1) is 10.6 Å². The van der Waals surface area contributed by atoms with Crippen LogP contribution >= 0.6 is 11.6 Å². The number of nitrogens with zero attached hydrogens (tertiary/aromatic N) is 3. The third-order valence-corrected chi connectivity index (χ3v) is 3.13. The smallest absolute Gasteiger partial charge is 0.260 e. The molecule has 0 atom stereocenters. The minimum absolute atomic E-state index is 0.372. The van der Waals surface area contributed by atoms with Crippen LogP contribution in [0.3, 0.4) is 0 Å². The molecule has 2 heterocycles. The van der Waals surface area contributed by atoms with Gasteiger partial charge < -0.3 is 9.84 Å². The van der Waals surface area contributed by atoms with E-state index in [2.05, 4.69) is 20.4 Å². The number of pyridine rings is 1. The van der Waals surface area contributed by atoms with Crippen molar-refractivity contribution in [2.75, 3.05) is 12.4 Å². The number of benzene rings is 1. The summed E-state index contributed by atoms with van der Waals surface area (Å²) in [6.45, 7) is 0. The molecule has 0 amide bonds. The van der Waals surface area contributed by atoms with E-state index in [9.17, 15) is 0 Å². The van der Waals surface area contributed by atoms with Gasteiger partial charge in [0, 0.05) is 18.9 Å². The summed E-state index contributed by atoms with van der Waals surface area (Å²) in [7, 11) is 1.84. The Morgan fingerprint density at radius 3 is 2.80 bits per heavy atom. The maximum Gasteiger partial charge on any atom is 0.260 e. The number of hydrogen-bond acceptors (Lipinski definition) is 5. The first-order chi connectivity index (χ1) is 9.79. The molecule has 0 spiro atoms. The Morgan fingerprint density at radius 1 is 1.15 bits per heavy atom. The molecule has 0 saturated heterocycles. The molecule has 3 aromatic rings. The second-order valence-corrected chi connectivity index (χ2v) is 4.46. The van der Waals surface area contributed by atoms with Crippen LogP contribution in [-0.4, -0.2) is 22.2 Å². The van der Waals surface area contributed by atoms with E-state index < -0.39 is 0 Å². The van der Waals surface area contributed by atoms with Gasteiger partial charge in [-0.2, -0.15) is 4.98 Å². The molecule has 0 aliphatic carbocycles. The third kappa shape index (κ3) is 2.23. The molecular formula is C14H11ClN4O. The van der Waals surface area contributed by atoms with Crippen molar-refractivity contribution >= 4 is 17.3 Å². The molecule has 2 aromatic heterocycles. The molecule has 1 aromatic carbocycles. The molecule has 0 fully saturated rings. The van der Waals surface area contributed by atoms with E-state index in [0.717, 1.165) is 11.3 Å². The summed E-state index contributed by atoms with van der Waals surface area (Å²) in [5.74, 6) is 0.795. The lowest BCUT2D eigenvalue weighted by atomic mass is 10.2. The van der Waals surface area contributed by atoms with Gasteiger partial charge in [0.2, 0.25) is 5.82 Å². The van der Waals surface area contributed by atoms with Crippen molar-refractivity contribution in [3.8, 4) is 23.0 Å². The average molecular weight is 287 g/mol. The van der Waals surface area contributed by atoms with Crippen molar-refractivity contribution in [3.05, 3.63) is 47.6 Å². The van der Waals surface area contributed by atoms with Crippen molar-refractivity contribution in [2.45, 2.75) is 0 Å². The first-order valence-corrected chi connectivity index (χ1v) is 6.39. The second kappa shape index (κ2) is 5.30. The van der Waals surface area contributed by atoms with E-state index in [1.165, 1.54) is 0 Å². The average Bonchev–Trinajstić information content (AvgIpc) is 2.97. The summed E-state index contributed by atoms with van der Waals surface area (Å²) >= 11 is 6.08. The van der Waals surface area contributed by atoms with Crippen LogP contribution in [0.4, 0.5) is 5.69 Å². The Morgan fingerprint density at radius 2 is 2.00 bits per heavy atom. The lowest BCUT2D eigenvalue weighted by Crippen LogP contribution is -1.91. The number of para-hydroxylation sites is 1. The van der Waals surface area contributed by atoms with Crippen molar-refractivity contribution in [1.29, 1.82) is 0 Å². The number of halogens is 1. The van der Waals surface area contributed by atoms with E-state index >= 15 is 0 Å². The van der Waals surface area contributed by atoms with E-state index in [0.29, 0.717) is 22.4 Å². The Labute approximate surface area is 120 Å². The summed E-state index contributed by atoms with van der Waals surface area (Å²) in [5, 5.41) is 7.51. The summed E-state index contributed by atoms with van der Waals surface area (Å²) in [6.07, 6.45) is 1.64. The molecule has 100 valence electrons. The molecule has 1 N–H and O–H groups in total. The van der Waals surface area contributed by atoms with E-state index in [1.54, 1.807) is 18.3 Å². The Hall–Kier alpha value is -2.40. The van der Waals surface area contributed by atoms with Crippen molar-refractivity contribution in [2.24, 2.45) is 0 Å². The minimum atomic E-state index is 0.372. The Balaban J connectivity index is 2.05. The molecule has 0 unspecified atom stereocenters. The Kier molecular flexibility index (Phi) is 3.35. The standard InChI is InChI=1S/C14H11ClN4O/c1-16-11-7-3-2-5-9(11)14-18-13(19-20-14)12-10(15)6-4-8-17-12/h2-8,16H,1H3. The van der Waals surface area contributed by atoms with Crippen LogP contribution < -0.4 is 5.32 Å². The number of aromatic nitrogens is 3. The first kappa shape index (κ1) is 12.6. The predicted molar refractivity (Wildman–Crippen MR) is 77.5 cm³/mol. The van der Waals surface area contributed by atoms with Crippen LogP contribution in [0.2, 0.25) is 5.02 Å². The maximum absolute atomic E-state index is 6.08.